The molecule has 2 aromatic heterocycles. The number of unbranched alkanes of at least 4 members (excludes halogenated alkanes) is 4. The number of fused-ring (bicyclic) bond motifs is 1. The Morgan fingerprint density at radius 3 is 2.44 bits per heavy atom. The number of halogens is 1. The molecule has 3 rings (SSSR count). The van der Waals surface area contributed by atoms with E-state index in [0.717, 1.165) is 25.7 Å². The number of esters is 2. The minimum atomic E-state index is -4.17. The van der Waals surface area contributed by atoms with E-state index in [2.05, 4.69) is 20.0 Å². The number of aromatic amines is 1. The van der Waals surface area contributed by atoms with Crippen LogP contribution in [-0.4, -0.2) is 69.8 Å². The monoisotopic (exact) mass is 652 g/mol. The number of anilines is 1. The average Bonchev–Trinajstić information content (AvgIpc) is 3.42. The molecule has 4 N–H and O–H groups in total. The van der Waals surface area contributed by atoms with Crippen molar-refractivity contribution in [3.8, 4) is 5.75 Å². The number of hydrogen-bond donors (Lipinski definition) is 3. The van der Waals surface area contributed by atoms with Crippen molar-refractivity contribution in [2.45, 2.75) is 77.5 Å². The second-order valence-electron chi connectivity index (χ2n) is 10.4. The number of nitrogens with two attached hydrogens (primary N) is 1. The number of carbonyl (C=O) groups is 2. The largest absolute Gasteiger partial charge is 0.466 e. The number of aromatic nitrogens is 4. The van der Waals surface area contributed by atoms with E-state index in [1.165, 1.54) is 10.9 Å². The topological polar surface area (TPSA) is 190 Å². The Hall–Kier alpha value is -3.81. The highest BCUT2D eigenvalue weighted by molar-refractivity contribution is 7.57. The number of hydrogen-bond acceptors (Lipinski definition) is 11. The van der Waals surface area contributed by atoms with E-state index >= 15 is 0 Å². The van der Waals surface area contributed by atoms with Crippen LogP contribution < -0.4 is 20.9 Å². The van der Waals surface area contributed by atoms with Gasteiger partial charge in [0.2, 0.25) is 5.95 Å². The van der Waals surface area contributed by atoms with Gasteiger partial charge in [-0.1, -0.05) is 57.7 Å². The van der Waals surface area contributed by atoms with Crippen LogP contribution in [0.25, 0.3) is 11.2 Å². The number of carbonyl (C=O) groups excluding carboxylic acids is 2. The lowest BCUT2D eigenvalue weighted by Gasteiger charge is -2.26. The van der Waals surface area contributed by atoms with E-state index in [0.29, 0.717) is 12.8 Å². The fraction of sp³-hybridized carbons (Fsp3) is 0.552. The highest BCUT2D eigenvalue weighted by Crippen LogP contribution is 2.44. The third-order valence-electron chi connectivity index (χ3n) is 6.55. The summed E-state index contributed by atoms with van der Waals surface area (Å²) in [6, 6.07) is 6.74. The molecule has 0 aliphatic rings. The molecule has 2 heterocycles. The van der Waals surface area contributed by atoms with Gasteiger partial charge in [0, 0.05) is 0 Å². The summed E-state index contributed by atoms with van der Waals surface area (Å²) in [5, 5.41) is 2.65. The molecule has 1 unspecified atom stereocenters. The van der Waals surface area contributed by atoms with Crippen LogP contribution in [0.4, 0.5) is 10.3 Å². The molecule has 45 heavy (non-hydrogen) atoms. The Balaban J connectivity index is 1.80. The number of imidazole rings is 1. The standard InChI is InChI=1S/C29H42FN6O8P/c1-3-5-10-14-41-24(37)16-23(28(39)42-15-11-6-4-2)35-45(40,44-21-12-8-7-9-13-21)20-43-22(17-30)18-36-19-32-25-26(36)33-29(31)34-27(25)38/h7-9,12-13,19,22-23H,3-6,10-11,14-18,20H2,1-2H3,(H,35,40)(H3,31,33,34,38)/t22-,23-,45?/m0/s1. The lowest BCUT2D eigenvalue weighted by Crippen LogP contribution is -2.40. The van der Waals surface area contributed by atoms with Crippen LogP contribution in [-0.2, 0) is 34.9 Å². The zero-order valence-electron chi connectivity index (χ0n) is 25.6. The molecule has 1 aromatic carbocycles. The quantitative estimate of drug-likeness (QED) is 0.0850. The van der Waals surface area contributed by atoms with E-state index in [1.54, 1.807) is 30.3 Å². The summed E-state index contributed by atoms with van der Waals surface area (Å²) < 4.78 is 52.0. The predicted molar refractivity (Wildman–Crippen MR) is 165 cm³/mol. The van der Waals surface area contributed by atoms with Crippen molar-refractivity contribution >= 4 is 36.6 Å². The van der Waals surface area contributed by atoms with Crippen molar-refractivity contribution in [2.24, 2.45) is 0 Å². The van der Waals surface area contributed by atoms with Gasteiger partial charge in [0.1, 0.15) is 30.9 Å². The predicted octanol–water partition coefficient (Wildman–Crippen LogP) is 4.10. The first-order valence-electron chi connectivity index (χ1n) is 15.0. The molecule has 0 spiro atoms. The Labute approximate surface area is 260 Å². The fourth-order valence-electron chi connectivity index (χ4n) is 4.22. The Morgan fingerprint density at radius 1 is 1.09 bits per heavy atom. The van der Waals surface area contributed by atoms with Crippen LogP contribution in [0, 0.1) is 0 Å². The molecule has 0 aliphatic carbocycles. The van der Waals surface area contributed by atoms with E-state index in [1.807, 2.05) is 13.8 Å². The van der Waals surface area contributed by atoms with Crippen molar-refractivity contribution in [1.82, 2.24) is 24.6 Å². The summed E-state index contributed by atoms with van der Waals surface area (Å²) in [5.74, 6) is -1.45. The maximum atomic E-state index is 14.2. The van der Waals surface area contributed by atoms with Crippen LogP contribution in [0.5, 0.6) is 5.75 Å². The van der Waals surface area contributed by atoms with Crippen LogP contribution in [0.1, 0.15) is 58.8 Å². The molecule has 0 saturated carbocycles. The SMILES string of the molecule is CCCCCOC(=O)C[C@H](NP(=O)(CO[C@@H](CF)Cn1cnc2c(=O)[nH]c(N)nc21)Oc1ccccc1)C(=O)OCCCCC. The second kappa shape index (κ2) is 18.2. The van der Waals surface area contributed by atoms with Gasteiger partial charge < -0.3 is 29.0 Å². The number of nitrogen functional groups attached to an aromatic ring is 1. The number of ether oxygens (including phenoxy) is 3. The van der Waals surface area contributed by atoms with Crippen LogP contribution >= 0.6 is 7.52 Å². The van der Waals surface area contributed by atoms with Crippen LogP contribution in [0.3, 0.4) is 0 Å². The number of nitrogens with one attached hydrogen (secondary N) is 2. The van der Waals surface area contributed by atoms with Crippen molar-refractivity contribution in [3.63, 3.8) is 0 Å². The Morgan fingerprint density at radius 2 is 1.78 bits per heavy atom. The van der Waals surface area contributed by atoms with Crippen molar-refractivity contribution in [1.29, 1.82) is 0 Å². The maximum Gasteiger partial charge on any atom is 0.342 e. The summed E-state index contributed by atoms with van der Waals surface area (Å²) in [7, 11) is -4.17. The molecule has 16 heteroatoms. The van der Waals surface area contributed by atoms with E-state index in [-0.39, 0.29) is 42.6 Å². The van der Waals surface area contributed by atoms with Crippen LogP contribution in [0.15, 0.2) is 41.5 Å². The highest BCUT2D eigenvalue weighted by atomic mass is 31.2. The third-order valence-corrected chi connectivity index (χ3v) is 8.25. The summed E-state index contributed by atoms with van der Waals surface area (Å²) in [5.41, 5.74) is 5.21. The number of nitrogens with zero attached hydrogens (tertiary/aromatic N) is 3. The number of H-pyrrole nitrogens is 1. The lowest BCUT2D eigenvalue weighted by molar-refractivity contribution is -0.152. The molecule has 0 saturated heterocycles. The average molecular weight is 653 g/mol. The smallest absolute Gasteiger partial charge is 0.342 e. The number of alkyl halides is 1. The van der Waals surface area contributed by atoms with Crippen molar-refractivity contribution in [3.05, 3.63) is 47.0 Å². The molecular formula is C29H42FN6O8P. The maximum absolute atomic E-state index is 14.2. The second-order valence-corrected chi connectivity index (χ2v) is 12.4. The molecule has 0 bridgehead atoms. The Kier molecular flexibility index (Phi) is 14.4. The molecule has 14 nitrogen and oxygen atoms in total. The molecule has 248 valence electrons. The zero-order valence-corrected chi connectivity index (χ0v) is 26.5. The lowest BCUT2D eigenvalue weighted by atomic mass is 10.2. The van der Waals surface area contributed by atoms with Gasteiger partial charge in [-0.3, -0.25) is 23.9 Å². The summed E-state index contributed by atoms with van der Waals surface area (Å²) in [4.78, 5) is 48.3. The van der Waals surface area contributed by atoms with E-state index in [4.69, 9.17) is 24.5 Å². The number of rotatable bonds is 21. The van der Waals surface area contributed by atoms with E-state index in [9.17, 15) is 23.3 Å². The molecule has 3 atom stereocenters. The first-order chi connectivity index (χ1) is 21.7. The zero-order chi connectivity index (χ0) is 32.7. The van der Waals surface area contributed by atoms with Gasteiger partial charge >= 0.3 is 19.5 Å². The minimum absolute atomic E-state index is 0.00317. The molecule has 3 aromatic rings. The summed E-state index contributed by atoms with van der Waals surface area (Å²) in [6.07, 6.45) is 3.76. The van der Waals surface area contributed by atoms with Crippen molar-refractivity contribution < 1.29 is 37.3 Å². The molecule has 0 radical (unpaired) electrons. The number of benzene rings is 1. The van der Waals surface area contributed by atoms with Crippen molar-refractivity contribution in [2.75, 3.05) is 32.0 Å². The molecule has 0 amide bonds. The summed E-state index contributed by atoms with van der Waals surface area (Å²) >= 11 is 0. The molecule has 0 fully saturated rings. The fourth-order valence-corrected chi connectivity index (χ4v) is 5.94. The van der Waals surface area contributed by atoms with Gasteiger partial charge in [-0.2, -0.15) is 4.98 Å². The van der Waals surface area contributed by atoms with Gasteiger partial charge in [0.25, 0.3) is 5.56 Å². The van der Waals surface area contributed by atoms with Gasteiger partial charge in [0.15, 0.2) is 11.2 Å². The van der Waals surface area contributed by atoms with Gasteiger partial charge in [0.05, 0.1) is 32.5 Å². The first-order valence-corrected chi connectivity index (χ1v) is 16.8. The number of para-hydroxylation sites is 1. The third kappa shape index (κ3) is 11.6. The van der Waals surface area contributed by atoms with Crippen LogP contribution in [0.2, 0.25) is 0 Å². The summed E-state index contributed by atoms with van der Waals surface area (Å²) in [6.45, 7) is 3.13. The normalized spacial score (nSPS) is 14.0. The van der Waals surface area contributed by atoms with Gasteiger partial charge in [-0.05, 0) is 25.0 Å². The van der Waals surface area contributed by atoms with Gasteiger partial charge in [-0.25, -0.2) is 14.5 Å². The van der Waals surface area contributed by atoms with Gasteiger partial charge in [-0.15, -0.1) is 0 Å². The first kappa shape index (κ1) is 35.7. The highest BCUT2D eigenvalue weighted by Gasteiger charge is 2.36. The van der Waals surface area contributed by atoms with E-state index < -0.39 is 56.6 Å². The molecule has 0 aliphatic heterocycles. The Bertz CT molecular complexity index is 1470. The molecular weight excluding hydrogens is 610 g/mol. The minimum Gasteiger partial charge on any atom is -0.466 e.